The van der Waals surface area contributed by atoms with Gasteiger partial charge in [-0.2, -0.15) is 21.4 Å². The molecule has 7 aromatic rings. The number of aromatic nitrogens is 1. The van der Waals surface area contributed by atoms with Crippen LogP contribution in [0.25, 0.3) is 38.5 Å². The molecule has 0 bridgehead atoms. The van der Waals surface area contributed by atoms with Gasteiger partial charge in [-0.15, -0.1) is 0 Å². The zero-order valence-corrected chi connectivity index (χ0v) is 31.2. The van der Waals surface area contributed by atoms with Crippen molar-refractivity contribution in [1.82, 2.24) is 0 Å². The molecule has 53 heavy (non-hydrogen) atoms. The van der Waals surface area contributed by atoms with E-state index in [4.69, 9.17) is 0 Å². The van der Waals surface area contributed by atoms with Crippen molar-refractivity contribution in [3.63, 3.8) is 0 Å². The molecule has 1 aliphatic heterocycles. The highest BCUT2D eigenvalue weighted by atomic mass is 32.2. The second-order valence-corrected chi connectivity index (χ2v) is 17.5. The fourth-order valence-electron chi connectivity index (χ4n) is 6.44. The third kappa shape index (κ3) is 7.42. The van der Waals surface area contributed by atoms with E-state index >= 15 is 0 Å². The van der Waals surface area contributed by atoms with Gasteiger partial charge in [0.15, 0.2) is 6.54 Å². The molecule has 0 saturated carbocycles. The van der Waals surface area contributed by atoms with Crippen LogP contribution in [0.4, 0.5) is 5.69 Å². The zero-order valence-electron chi connectivity index (χ0n) is 27.9. The SMILES string of the molecule is O=S(=O)(O)c1cccc(CN2C(=Cc3sc4ccc(-c5ccccc5)cc4[n+]3Cc3cccc(S(=O)(=O)O)c3)Sc3ccc(-c4ccccc4)cc32)c1. The summed E-state index contributed by atoms with van der Waals surface area (Å²) in [6.45, 7) is 0.653. The number of rotatable bonds is 9. The van der Waals surface area contributed by atoms with E-state index in [9.17, 15) is 25.9 Å². The van der Waals surface area contributed by atoms with Crippen LogP contribution >= 0.6 is 23.1 Å². The molecule has 1 aliphatic rings. The van der Waals surface area contributed by atoms with Gasteiger partial charge in [-0.3, -0.25) is 9.11 Å². The van der Waals surface area contributed by atoms with Crippen molar-refractivity contribution in [2.75, 3.05) is 4.90 Å². The Kier molecular flexibility index (Phi) is 9.27. The molecule has 6 aromatic carbocycles. The van der Waals surface area contributed by atoms with Gasteiger partial charge in [-0.25, -0.2) is 0 Å². The molecule has 0 saturated heterocycles. The lowest BCUT2D eigenvalue weighted by Crippen LogP contribution is -2.36. The van der Waals surface area contributed by atoms with Gasteiger partial charge in [0.05, 0.1) is 26.6 Å². The summed E-state index contributed by atoms with van der Waals surface area (Å²) in [6.07, 6.45) is 2.11. The third-order valence-electron chi connectivity index (χ3n) is 9.00. The minimum atomic E-state index is -4.40. The number of thiazole rings is 1. The number of benzene rings is 6. The molecule has 8 nitrogen and oxygen atoms in total. The Balaban J connectivity index is 1.28. The van der Waals surface area contributed by atoms with E-state index in [-0.39, 0.29) is 9.79 Å². The molecule has 8 rings (SSSR count). The van der Waals surface area contributed by atoms with Crippen molar-refractivity contribution < 1.29 is 30.5 Å². The predicted molar refractivity (Wildman–Crippen MR) is 211 cm³/mol. The Morgan fingerprint density at radius 2 is 1.19 bits per heavy atom. The lowest BCUT2D eigenvalue weighted by Gasteiger charge is -2.21. The first-order valence-corrected chi connectivity index (χ1v) is 21.0. The monoisotopic (exact) mass is 775 g/mol. The standard InChI is InChI=1S/C41H30N2O6S4/c44-52(45,46)34-15-7-9-28(21-34)26-42-36-23-32(30-11-3-1-4-12-30)17-19-38(36)50-40(42)25-41-43(27-29-10-8-16-35(22-29)53(47,48)49)37-24-33(18-20-39(37)51-41)31-13-5-2-6-14-31/h1-25H,26-27H2,(H-,44,45,46,47,48,49)/p+1. The van der Waals surface area contributed by atoms with Gasteiger partial charge >= 0.3 is 0 Å². The zero-order chi connectivity index (χ0) is 36.7. The second kappa shape index (κ2) is 14.0. The smallest absolute Gasteiger partial charge is 0.294 e. The summed E-state index contributed by atoms with van der Waals surface area (Å²) in [5, 5.41) is 1.80. The van der Waals surface area contributed by atoms with Gasteiger partial charge in [0.25, 0.3) is 25.2 Å². The molecule has 1 aromatic heterocycles. The largest absolute Gasteiger partial charge is 0.330 e. The van der Waals surface area contributed by atoms with Gasteiger partial charge in [0.1, 0.15) is 4.70 Å². The minimum absolute atomic E-state index is 0.172. The third-order valence-corrected chi connectivity index (χ3v) is 12.9. The lowest BCUT2D eigenvalue weighted by molar-refractivity contribution is -0.659. The van der Waals surface area contributed by atoms with Crippen molar-refractivity contribution >= 4 is 65.3 Å². The molecule has 0 unspecified atom stereocenters. The van der Waals surface area contributed by atoms with Crippen LogP contribution in [0, 0.1) is 0 Å². The van der Waals surface area contributed by atoms with Crippen molar-refractivity contribution in [2.45, 2.75) is 27.8 Å². The van der Waals surface area contributed by atoms with Crippen LogP contribution in [0.15, 0.2) is 165 Å². The number of hydrogen-bond acceptors (Lipinski definition) is 7. The molecule has 12 heteroatoms. The molecule has 264 valence electrons. The van der Waals surface area contributed by atoms with Crippen molar-refractivity contribution in [2.24, 2.45) is 0 Å². The van der Waals surface area contributed by atoms with E-state index < -0.39 is 20.2 Å². The summed E-state index contributed by atoms with van der Waals surface area (Å²) in [5.41, 5.74) is 7.51. The Labute approximate surface area is 315 Å². The second-order valence-electron chi connectivity index (χ2n) is 12.5. The predicted octanol–water partition coefficient (Wildman–Crippen LogP) is 9.18. The van der Waals surface area contributed by atoms with Crippen molar-refractivity contribution in [3.05, 3.63) is 167 Å². The van der Waals surface area contributed by atoms with Gasteiger partial charge < -0.3 is 4.90 Å². The first-order valence-electron chi connectivity index (χ1n) is 16.5. The maximum Gasteiger partial charge on any atom is 0.294 e. The quantitative estimate of drug-likeness (QED) is 0.110. The van der Waals surface area contributed by atoms with Gasteiger partial charge in [0, 0.05) is 23.1 Å². The average molecular weight is 776 g/mol. The van der Waals surface area contributed by atoms with Gasteiger partial charge in [-0.05, 0) is 70.3 Å². The first-order chi connectivity index (χ1) is 25.5. The lowest BCUT2D eigenvalue weighted by atomic mass is 10.0. The number of hydrogen-bond donors (Lipinski definition) is 2. The highest BCUT2D eigenvalue weighted by Gasteiger charge is 2.30. The fraction of sp³-hybridized carbons (Fsp3) is 0.0488. The number of fused-ring (bicyclic) bond motifs is 2. The molecule has 2 heterocycles. The molecule has 0 aliphatic carbocycles. The Morgan fingerprint density at radius 3 is 1.83 bits per heavy atom. The summed E-state index contributed by atoms with van der Waals surface area (Å²) >= 11 is 3.21. The molecule has 0 spiro atoms. The van der Waals surface area contributed by atoms with E-state index in [1.165, 1.54) is 24.3 Å². The maximum atomic E-state index is 12.1. The highest BCUT2D eigenvalue weighted by molar-refractivity contribution is 8.04. The number of thioether (sulfide) groups is 1. The van der Waals surface area contributed by atoms with E-state index in [0.717, 1.165) is 53.1 Å². The van der Waals surface area contributed by atoms with Crippen LogP contribution in [-0.2, 0) is 33.3 Å². The number of nitrogens with zero attached hydrogens (tertiary/aromatic N) is 2. The van der Waals surface area contributed by atoms with Crippen LogP contribution in [0.5, 0.6) is 0 Å². The van der Waals surface area contributed by atoms with E-state index in [2.05, 4.69) is 76.2 Å². The Bertz CT molecular complexity index is 2770. The molecule has 0 atom stereocenters. The Morgan fingerprint density at radius 1 is 0.604 bits per heavy atom. The topological polar surface area (TPSA) is 116 Å². The molecular formula is C41H31N2O6S4+. The van der Waals surface area contributed by atoms with E-state index in [0.29, 0.717) is 24.2 Å². The number of anilines is 1. The van der Waals surface area contributed by atoms with Crippen LogP contribution in [-0.4, -0.2) is 25.9 Å². The fourth-order valence-corrected chi connectivity index (χ4v) is 9.78. The summed E-state index contributed by atoms with van der Waals surface area (Å²) in [7, 11) is -8.81. The van der Waals surface area contributed by atoms with Crippen molar-refractivity contribution in [3.8, 4) is 22.3 Å². The van der Waals surface area contributed by atoms with E-state index in [1.807, 2.05) is 48.5 Å². The highest BCUT2D eigenvalue weighted by Crippen LogP contribution is 2.49. The normalized spacial score (nSPS) is 13.8. The Hall–Kier alpha value is -5.08. The summed E-state index contributed by atoms with van der Waals surface area (Å²) in [6, 6.07) is 45.4. The molecule has 0 fully saturated rings. The summed E-state index contributed by atoms with van der Waals surface area (Å²) in [4.78, 5) is 2.84. The van der Waals surface area contributed by atoms with E-state index in [1.54, 1.807) is 35.2 Å². The van der Waals surface area contributed by atoms with Crippen LogP contribution < -0.4 is 9.47 Å². The average Bonchev–Trinajstić information content (AvgIpc) is 3.67. The van der Waals surface area contributed by atoms with Gasteiger partial charge in [0.2, 0.25) is 5.52 Å². The molecule has 2 N–H and O–H groups in total. The van der Waals surface area contributed by atoms with Crippen LogP contribution in [0.1, 0.15) is 16.1 Å². The molecule has 0 radical (unpaired) electrons. The minimum Gasteiger partial charge on any atom is -0.330 e. The van der Waals surface area contributed by atoms with Gasteiger partial charge in [-0.1, -0.05) is 120 Å². The first kappa shape index (κ1) is 35.0. The summed E-state index contributed by atoms with van der Waals surface area (Å²) < 4.78 is 71.1. The molecule has 0 amide bonds. The van der Waals surface area contributed by atoms with Crippen LogP contribution in [0.3, 0.4) is 0 Å². The maximum absolute atomic E-state index is 12.1. The summed E-state index contributed by atoms with van der Waals surface area (Å²) in [5.74, 6) is 0. The van der Waals surface area contributed by atoms with Crippen LogP contribution in [0.2, 0.25) is 0 Å². The van der Waals surface area contributed by atoms with Crippen molar-refractivity contribution in [1.29, 1.82) is 0 Å². The molecular weight excluding hydrogens is 745 g/mol.